The zero-order chi connectivity index (χ0) is 15.2. The van der Waals surface area contributed by atoms with E-state index < -0.39 is 4.92 Å². The molecular weight excluding hydrogens is 312 g/mol. The van der Waals surface area contributed by atoms with Crippen molar-refractivity contribution in [2.75, 3.05) is 12.3 Å². The first-order valence-electron chi connectivity index (χ1n) is 6.91. The Hall–Kier alpha value is -1.27. The number of carbonyl (C=O) groups is 1. The van der Waals surface area contributed by atoms with E-state index in [1.165, 1.54) is 43.9 Å². The van der Waals surface area contributed by atoms with Crippen LogP contribution in [0.3, 0.4) is 0 Å². The van der Waals surface area contributed by atoms with Gasteiger partial charge >= 0.3 is 0 Å². The Morgan fingerprint density at radius 2 is 2.14 bits per heavy atom. The molecule has 0 unspecified atom stereocenters. The number of hydrogen-bond donors (Lipinski definition) is 1. The lowest BCUT2D eigenvalue weighted by atomic mass is 10.2. The molecule has 1 saturated carbocycles. The molecule has 0 atom stereocenters. The summed E-state index contributed by atoms with van der Waals surface area (Å²) in [6.07, 6.45) is 5.16. The fourth-order valence-electron chi connectivity index (χ4n) is 2.34. The normalized spacial score (nSPS) is 15.1. The number of halogens is 1. The van der Waals surface area contributed by atoms with E-state index in [2.05, 4.69) is 5.32 Å². The maximum Gasteiger partial charge on any atom is 0.270 e. The number of benzene rings is 1. The monoisotopic (exact) mass is 328 g/mol. The van der Waals surface area contributed by atoms with E-state index in [-0.39, 0.29) is 22.2 Å². The molecule has 1 fully saturated rings. The van der Waals surface area contributed by atoms with Gasteiger partial charge in [-0.05, 0) is 18.9 Å². The van der Waals surface area contributed by atoms with Crippen molar-refractivity contribution in [1.82, 2.24) is 5.32 Å². The average Bonchev–Trinajstić information content (AvgIpc) is 2.96. The van der Waals surface area contributed by atoms with Gasteiger partial charge in [-0.1, -0.05) is 24.4 Å². The highest BCUT2D eigenvalue weighted by Crippen LogP contribution is 2.29. The highest BCUT2D eigenvalue weighted by molar-refractivity contribution is 7.99. The molecule has 0 aromatic heterocycles. The third-order valence-electron chi connectivity index (χ3n) is 3.45. The molecule has 1 aliphatic carbocycles. The molecular formula is C14H17ClN2O3S. The highest BCUT2D eigenvalue weighted by atomic mass is 35.5. The molecule has 1 N–H and O–H groups in total. The Morgan fingerprint density at radius 3 is 2.76 bits per heavy atom. The number of thioether (sulfide) groups is 1. The van der Waals surface area contributed by atoms with Crippen molar-refractivity contribution in [3.05, 3.63) is 38.9 Å². The van der Waals surface area contributed by atoms with Gasteiger partial charge in [-0.3, -0.25) is 14.9 Å². The number of amides is 1. The average molecular weight is 329 g/mol. The van der Waals surface area contributed by atoms with Gasteiger partial charge in [-0.15, -0.1) is 0 Å². The van der Waals surface area contributed by atoms with Crippen LogP contribution in [0.15, 0.2) is 18.2 Å². The summed E-state index contributed by atoms with van der Waals surface area (Å²) < 4.78 is 0. The molecule has 0 aliphatic heterocycles. The predicted molar refractivity (Wildman–Crippen MR) is 85.2 cm³/mol. The standard InChI is InChI=1S/C14H17ClN2O3S/c15-13-9-10(17(19)20)5-6-12(13)14(18)16-7-8-21-11-3-1-2-4-11/h5-6,9,11H,1-4,7-8H2,(H,16,18). The largest absolute Gasteiger partial charge is 0.351 e. The fraction of sp³-hybridized carbons (Fsp3) is 0.500. The molecule has 1 aromatic carbocycles. The van der Waals surface area contributed by atoms with E-state index >= 15 is 0 Å². The van der Waals surface area contributed by atoms with Gasteiger partial charge < -0.3 is 5.32 Å². The van der Waals surface area contributed by atoms with Gasteiger partial charge in [0.2, 0.25) is 0 Å². The molecule has 0 spiro atoms. The van der Waals surface area contributed by atoms with E-state index in [4.69, 9.17) is 11.6 Å². The fourth-order valence-corrected chi connectivity index (χ4v) is 3.82. The number of carbonyl (C=O) groups excluding carboxylic acids is 1. The van der Waals surface area contributed by atoms with E-state index in [1.807, 2.05) is 11.8 Å². The topological polar surface area (TPSA) is 72.2 Å². The number of nitro benzene ring substituents is 1. The molecule has 114 valence electrons. The van der Waals surface area contributed by atoms with Crippen LogP contribution >= 0.6 is 23.4 Å². The molecule has 0 radical (unpaired) electrons. The van der Waals surface area contributed by atoms with Crippen LogP contribution in [-0.4, -0.2) is 28.4 Å². The summed E-state index contributed by atoms with van der Waals surface area (Å²) >= 11 is 7.81. The van der Waals surface area contributed by atoms with Gasteiger partial charge in [0, 0.05) is 29.7 Å². The van der Waals surface area contributed by atoms with Crippen molar-refractivity contribution >= 4 is 35.0 Å². The molecule has 7 heteroatoms. The maximum absolute atomic E-state index is 12.0. The zero-order valence-electron chi connectivity index (χ0n) is 11.5. The van der Waals surface area contributed by atoms with Gasteiger partial charge in [0.15, 0.2) is 0 Å². The first-order chi connectivity index (χ1) is 10.1. The van der Waals surface area contributed by atoms with E-state index in [9.17, 15) is 14.9 Å². The third kappa shape index (κ3) is 4.61. The summed E-state index contributed by atoms with van der Waals surface area (Å²) in [4.78, 5) is 22.0. The summed E-state index contributed by atoms with van der Waals surface area (Å²) in [6, 6.07) is 3.87. The van der Waals surface area contributed by atoms with Crippen LogP contribution in [0, 0.1) is 10.1 Å². The Labute approximate surface area is 132 Å². The lowest BCUT2D eigenvalue weighted by Crippen LogP contribution is -2.26. The van der Waals surface area contributed by atoms with Crippen LogP contribution in [-0.2, 0) is 0 Å². The van der Waals surface area contributed by atoms with Crippen molar-refractivity contribution in [2.24, 2.45) is 0 Å². The molecule has 5 nitrogen and oxygen atoms in total. The lowest BCUT2D eigenvalue weighted by Gasteiger charge is -2.10. The van der Waals surface area contributed by atoms with Gasteiger partial charge in [-0.25, -0.2) is 0 Å². The number of non-ortho nitro benzene ring substituents is 1. The first kappa shape index (κ1) is 16.1. The van der Waals surface area contributed by atoms with Crippen molar-refractivity contribution < 1.29 is 9.72 Å². The highest BCUT2D eigenvalue weighted by Gasteiger charge is 2.16. The zero-order valence-corrected chi connectivity index (χ0v) is 13.1. The number of nitrogens with zero attached hydrogens (tertiary/aromatic N) is 1. The number of nitrogens with one attached hydrogen (secondary N) is 1. The molecule has 1 aliphatic rings. The van der Waals surface area contributed by atoms with Gasteiger partial charge in [0.05, 0.1) is 15.5 Å². The number of hydrogen-bond acceptors (Lipinski definition) is 4. The summed E-state index contributed by atoms with van der Waals surface area (Å²) in [5, 5.41) is 14.2. The molecule has 0 saturated heterocycles. The second kappa shape index (κ2) is 7.66. The Balaban J connectivity index is 1.81. The van der Waals surface area contributed by atoms with Crippen molar-refractivity contribution in [1.29, 1.82) is 0 Å². The Kier molecular flexibility index (Phi) is 5.87. The summed E-state index contributed by atoms with van der Waals surface area (Å²) in [5.41, 5.74) is 0.154. The van der Waals surface area contributed by atoms with Gasteiger partial charge in [0.25, 0.3) is 11.6 Å². The molecule has 0 bridgehead atoms. The minimum atomic E-state index is -0.536. The van der Waals surface area contributed by atoms with Crippen LogP contribution in [0.2, 0.25) is 5.02 Å². The molecule has 2 rings (SSSR count). The molecule has 0 heterocycles. The van der Waals surface area contributed by atoms with Crippen LogP contribution < -0.4 is 5.32 Å². The van der Waals surface area contributed by atoms with Crippen molar-refractivity contribution in [3.8, 4) is 0 Å². The predicted octanol–water partition coefficient (Wildman–Crippen LogP) is 3.65. The van der Waals surface area contributed by atoms with E-state index in [0.717, 1.165) is 11.0 Å². The Bertz CT molecular complexity index is 533. The first-order valence-corrected chi connectivity index (χ1v) is 8.34. The summed E-state index contributed by atoms with van der Waals surface area (Å²) in [7, 11) is 0. The van der Waals surface area contributed by atoms with Crippen molar-refractivity contribution in [2.45, 2.75) is 30.9 Å². The quantitative estimate of drug-likeness (QED) is 0.491. The summed E-state index contributed by atoms with van der Waals surface area (Å²) in [5.74, 6) is 0.586. The minimum absolute atomic E-state index is 0.102. The molecule has 1 aromatic rings. The van der Waals surface area contributed by atoms with Crippen LogP contribution in [0.25, 0.3) is 0 Å². The van der Waals surface area contributed by atoms with Crippen molar-refractivity contribution in [3.63, 3.8) is 0 Å². The summed E-state index contributed by atoms with van der Waals surface area (Å²) in [6.45, 7) is 0.577. The molecule has 21 heavy (non-hydrogen) atoms. The Morgan fingerprint density at radius 1 is 1.43 bits per heavy atom. The van der Waals surface area contributed by atoms with Crippen LogP contribution in [0.4, 0.5) is 5.69 Å². The SMILES string of the molecule is O=C(NCCSC1CCCC1)c1ccc([N+](=O)[O-])cc1Cl. The van der Waals surface area contributed by atoms with Gasteiger partial charge in [-0.2, -0.15) is 11.8 Å². The van der Waals surface area contributed by atoms with Crippen LogP contribution in [0.5, 0.6) is 0 Å². The number of nitro groups is 1. The molecule has 1 amide bonds. The number of rotatable bonds is 6. The lowest BCUT2D eigenvalue weighted by molar-refractivity contribution is -0.384. The third-order valence-corrected chi connectivity index (χ3v) is 5.15. The minimum Gasteiger partial charge on any atom is -0.351 e. The van der Waals surface area contributed by atoms with E-state index in [0.29, 0.717) is 6.54 Å². The second-order valence-electron chi connectivity index (χ2n) is 4.95. The van der Waals surface area contributed by atoms with Crippen LogP contribution in [0.1, 0.15) is 36.0 Å². The second-order valence-corrected chi connectivity index (χ2v) is 6.77. The van der Waals surface area contributed by atoms with E-state index in [1.54, 1.807) is 0 Å². The maximum atomic E-state index is 12.0. The smallest absolute Gasteiger partial charge is 0.270 e. The van der Waals surface area contributed by atoms with Gasteiger partial charge in [0.1, 0.15) is 0 Å².